The zero-order valence-corrected chi connectivity index (χ0v) is 10.3. The molecule has 0 saturated heterocycles. The van der Waals surface area contributed by atoms with E-state index in [2.05, 4.69) is 0 Å². The number of alkyl halides is 7. The van der Waals surface area contributed by atoms with Crippen molar-refractivity contribution in [3.63, 3.8) is 0 Å². The molecule has 4 nitrogen and oxygen atoms in total. The average Bonchev–Trinajstić information content (AvgIpc) is 2.27. The van der Waals surface area contributed by atoms with E-state index in [9.17, 15) is 40.8 Å². The van der Waals surface area contributed by atoms with Gasteiger partial charge in [-0.3, -0.25) is 10.1 Å². The minimum Gasteiger partial charge on any atom is -0.392 e. The van der Waals surface area contributed by atoms with Crippen LogP contribution in [0.4, 0.5) is 42.1 Å². The maximum absolute atomic E-state index is 13.7. The van der Waals surface area contributed by atoms with Gasteiger partial charge in [-0.05, 0) is 6.07 Å². The molecule has 0 aliphatic carbocycles. The van der Waals surface area contributed by atoms with Crippen molar-refractivity contribution in [3.05, 3.63) is 32.8 Å². The third-order valence-corrected chi connectivity index (χ3v) is 2.80. The standard InChI is InChI=1S/C9H4ClF7N2O2/c10-4-1-3(2-5(6(4)18)19(20)21)7(11,8(12,13)14)9(15,16)17/h1-2H,18H2. The van der Waals surface area contributed by atoms with E-state index in [1.54, 1.807) is 0 Å². The van der Waals surface area contributed by atoms with E-state index in [0.717, 1.165) is 0 Å². The molecule has 0 heterocycles. The summed E-state index contributed by atoms with van der Waals surface area (Å²) in [4.78, 5) is 9.16. The lowest BCUT2D eigenvalue weighted by Crippen LogP contribution is -2.50. The molecule has 12 heteroatoms. The molecular formula is C9H4ClF7N2O2. The van der Waals surface area contributed by atoms with Crippen LogP contribution in [-0.2, 0) is 5.67 Å². The molecule has 0 aliphatic rings. The van der Waals surface area contributed by atoms with Crippen molar-refractivity contribution >= 4 is 23.0 Å². The van der Waals surface area contributed by atoms with E-state index in [-0.39, 0.29) is 12.1 Å². The summed E-state index contributed by atoms with van der Waals surface area (Å²) in [5.74, 6) is 0. The summed E-state index contributed by atoms with van der Waals surface area (Å²) in [6.45, 7) is 0. The second kappa shape index (κ2) is 4.90. The molecule has 0 fully saturated rings. The van der Waals surface area contributed by atoms with Gasteiger partial charge in [-0.1, -0.05) is 11.6 Å². The van der Waals surface area contributed by atoms with Gasteiger partial charge >= 0.3 is 18.0 Å². The predicted molar refractivity (Wildman–Crippen MR) is 57.4 cm³/mol. The fourth-order valence-corrected chi connectivity index (χ4v) is 1.66. The number of rotatable bonds is 2. The maximum Gasteiger partial charge on any atom is 0.435 e. The van der Waals surface area contributed by atoms with Crippen molar-refractivity contribution in [2.75, 3.05) is 5.73 Å². The second-order valence-electron chi connectivity index (χ2n) is 3.80. The van der Waals surface area contributed by atoms with Crippen molar-refractivity contribution in [1.82, 2.24) is 0 Å². The first kappa shape index (κ1) is 17.3. The Morgan fingerprint density at radius 1 is 1.05 bits per heavy atom. The van der Waals surface area contributed by atoms with Gasteiger partial charge in [-0.15, -0.1) is 0 Å². The van der Waals surface area contributed by atoms with Crippen molar-refractivity contribution < 1.29 is 35.7 Å². The summed E-state index contributed by atoms with van der Waals surface area (Å²) in [6, 6.07) is -0.299. The van der Waals surface area contributed by atoms with Crippen molar-refractivity contribution in [1.29, 1.82) is 0 Å². The van der Waals surface area contributed by atoms with Crippen molar-refractivity contribution in [3.8, 4) is 0 Å². The number of hydrogen-bond donors (Lipinski definition) is 1. The highest BCUT2D eigenvalue weighted by molar-refractivity contribution is 6.33. The van der Waals surface area contributed by atoms with Crippen LogP contribution < -0.4 is 5.73 Å². The number of halogens is 8. The molecule has 0 unspecified atom stereocenters. The largest absolute Gasteiger partial charge is 0.435 e. The van der Waals surface area contributed by atoms with Crippen LogP contribution in [0.5, 0.6) is 0 Å². The topological polar surface area (TPSA) is 69.2 Å². The summed E-state index contributed by atoms with van der Waals surface area (Å²) >= 11 is 5.24. The van der Waals surface area contributed by atoms with Crippen LogP contribution in [0.3, 0.4) is 0 Å². The summed E-state index contributed by atoms with van der Waals surface area (Å²) in [5, 5.41) is 9.53. The van der Waals surface area contributed by atoms with E-state index in [1.807, 2.05) is 0 Å². The lowest BCUT2D eigenvalue weighted by molar-refractivity contribution is -0.384. The molecule has 0 spiro atoms. The molecule has 1 rings (SSSR count). The number of anilines is 1. The maximum atomic E-state index is 13.7. The molecule has 1 aromatic carbocycles. The molecule has 0 amide bonds. The van der Waals surface area contributed by atoms with Crippen LogP contribution in [0, 0.1) is 10.1 Å². The highest BCUT2D eigenvalue weighted by Crippen LogP contribution is 2.54. The molecule has 1 aromatic rings. The highest BCUT2D eigenvalue weighted by Gasteiger charge is 2.73. The van der Waals surface area contributed by atoms with Gasteiger partial charge in [0.15, 0.2) is 0 Å². The van der Waals surface area contributed by atoms with Crippen molar-refractivity contribution in [2.24, 2.45) is 0 Å². The van der Waals surface area contributed by atoms with Crippen LogP contribution in [0.2, 0.25) is 5.02 Å². The van der Waals surface area contributed by atoms with E-state index in [0.29, 0.717) is 0 Å². The fraction of sp³-hybridized carbons (Fsp3) is 0.333. The molecule has 0 aliphatic heterocycles. The van der Waals surface area contributed by atoms with Crippen LogP contribution >= 0.6 is 11.6 Å². The summed E-state index contributed by atoms with van der Waals surface area (Å²) in [5.41, 5.74) is -5.08. The van der Waals surface area contributed by atoms with Gasteiger partial charge in [0, 0.05) is 11.6 Å². The Morgan fingerprint density at radius 3 is 1.81 bits per heavy atom. The number of nitrogens with zero attached hydrogens (tertiary/aromatic N) is 1. The SMILES string of the molecule is Nc1c(Cl)cc(C(F)(C(F)(F)F)C(F)(F)F)cc1[N+](=O)[O-]. The highest BCUT2D eigenvalue weighted by atomic mass is 35.5. The van der Waals surface area contributed by atoms with Gasteiger partial charge < -0.3 is 5.73 Å². The quantitative estimate of drug-likeness (QED) is 0.381. The Morgan fingerprint density at radius 2 is 1.48 bits per heavy atom. The van der Waals surface area contributed by atoms with Crippen LogP contribution in [0.15, 0.2) is 12.1 Å². The van der Waals surface area contributed by atoms with Gasteiger partial charge in [0.25, 0.3) is 5.69 Å². The molecule has 0 bridgehead atoms. The van der Waals surface area contributed by atoms with E-state index in [1.165, 1.54) is 0 Å². The molecule has 118 valence electrons. The Hall–Kier alpha value is -1.78. The molecule has 0 radical (unpaired) electrons. The minimum atomic E-state index is -6.40. The zero-order valence-electron chi connectivity index (χ0n) is 9.52. The van der Waals surface area contributed by atoms with Gasteiger partial charge in [-0.2, -0.15) is 26.3 Å². The number of nitro benzene ring substituents is 1. The Balaban J connectivity index is 3.74. The van der Waals surface area contributed by atoms with Crippen LogP contribution in [-0.4, -0.2) is 17.3 Å². The first-order chi connectivity index (χ1) is 9.23. The third-order valence-electron chi connectivity index (χ3n) is 2.48. The normalized spacial score (nSPS) is 13.3. The van der Waals surface area contributed by atoms with Crippen molar-refractivity contribution in [2.45, 2.75) is 18.0 Å². The first-order valence-electron chi connectivity index (χ1n) is 4.79. The second-order valence-corrected chi connectivity index (χ2v) is 4.21. The first-order valence-corrected chi connectivity index (χ1v) is 5.17. The summed E-state index contributed by atoms with van der Waals surface area (Å²) in [6.07, 6.45) is -12.8. The number of benzene rings is 1. The van der Waals surface area contributed by atoms with Crippen LogP contribution in [0.1, 0.15) is 5.56 Å². The van der Waals surface area contributed by atoms with Gasteiger partial charge in [-0.25, -0.2) is 4.39 Å². The lowest BCUT2D eigenvalue weighted by Gasteiger charge is -2.30. The van der Waals surface area contributed by atoms with Gasteiger partial charge in [0.05, 0.1) is 9.95 Å². The molecule has 0 aromatic heterocycles. The molecule has 21 heavy (non-hydrogen) atoms. The fourth-order valence-electron chi connectivity index (χ4n) is 1.44. The zero-order chi connectivity index (χ0) is 16.8. The monoisotopic (exact) mass is 340 g/mol. The number of nitro groups is 1. The summed E-state index contributed by atoms with van der Waals surface area (Å²) < 4.78 is 88.8. The van der Waals surface area contributed by atoms with E-state index < -0.39 is 44.9 Å². The molecular weight excluding hydrogens is 337 g/mol. The smallest absolute Gasteiger partial charge is 0.392 e. The minimum absolute atomic E-state index is 0.0507. The molecule has 0 atom stereocenters. The van der Waals surface area contributed by atoms with E-state index >= 15 is 0 Å². The number of hydrogen-bond acceptors (Lipinski definition) is 3. The van der Waals surface area contributed by atoms with Gasteiger partial charge in [0.2, 0.25) is 0 Å². The van der Waals surface area contributed by atoms with E-state index in [4.69, 9.17) is 17.3 Å². The third kappa shape index (κ3) is 2.69. The number of nitrogens with two attached hydrogens (primary N) is 1. The molecule has 2 N–H and O–H groups in total. The number of nitrogen functional groups attached to an aromatic ring is 1. The summed E-state index contributed by atoms with van der Waals surface area (Å²) in [7, 11) is 0. The Bertz CT molecular complexity index is 571. The van der Waals surface area contributed by atoms with Gasteiger partial charge in [0.1, 0.15) is 5.69 Å². The Kier molecular flexibility index (Phi) is 4.03. The predicted octanol–water partition coefficient (Wildman–Crippen LogP) is 4.12. The Labute approximate surface area is 116 Å². The average molecular weight is 341 g/mol. The molecule has 0 saturated carbocycles. The lowest BCUT2D eigenvalue weighted by atomic mass is 9.93. The van der Waals surface area contributed by atoms with Crippen LogP contribution in [0.25, 0.3) is 0 Å².